The molecule has 0 bridgehead atoms. The Balaban J connectivity index is 1.72. The van der Waals surface area contributed by atoms with Gasteiger partial charge in [-0.2, -0.15) is 0 Å². The molecule has 4 nitrogen and oxygen atoms in total. The molecule has 1 aromatic heterocycles. The van der Waals surface area contributed by atoms with E-state index in [4.69, 9.17) is 9.72 Å². The lowest BCUT2D eigenvalue weighted by Gasteiger charge is -2.28. The minimum absolute atomic E-state index is 0.132. The average Bonchev–Trinajstić information content (AvgIpc) is 3.09. The molecule has 146 valence electrons. The number of hydrogen-bond acceptors (Lipinski definition) is 3. The van der Waals surface area contributed by atoms with E-state index < -0.39 is 5.60 Å². The molecular weight excluding hydrogens is 348 g/mol. The normalized spacial score (nSPS) is 17.4. The van der Waals surface area contributed by atoms with Gasteiger partial charge in [-0.05, 0) is 58.1 Å². The fourth-order valence-corrected chi connectivity index (χ4v) is 4.12. The predicted molar refractivity (Wildman–Crippen MR) is 114 cm³/mol. The van der Waals surface area contributed by atoms with Gasteiger partial charge in [0.25, 0.3) is 0 Å². The van der Waals surface area contributed by atoms with Crippen molar-refractivity contribution in [3.05, 3.63) is 53.7 Å². The molecule has 0 unspecified atom stereocenters. The summed E-state index contributed by atoms with van der Waals surface area (Å²) in [6, 6.07) is 15.0. The van der Waals surface area contributed by atoms with E-state index in [-0.39, 0.29) is 12.1 Å². The summed E-state index contributed by atoms with van der Waals surface area (Å²) >= 11 is 0. The van der Waals surface area contributed by atoms with Gasteiger partial charge in [0, 0.05) is 29.8 Å². The van der Waals surface area contributed by atoms with Gasteiger partial charge in [0.1, 0.15) is 5.60 Å². The van der Waals surface area contributed by atoms with E-state index in [0.29, 0.717) is 0 Å². The van der Waals surface area contributed by atoms with Crippen LogP contribution in [-0.4, -0.2) is 34.2 Å². The first kappa shape index (κ1) is 18.7. The van der Waals surface area contributed by atoms with Gasteiger partial charge in [-0.15, -0.1) is 0 Å². The van der Waals surface area contributed by atoms with Crippen LogP contribution in [0.3, 0.4) is 0 Å². The van der Waals surface area contributed by atoms with Gasteiger partial charge in [-0.3, -0.25) is 4.98 Å². The largest absolute Gasteiger partial charge is 0.444 e. The van der Waals surface area contributed by atoms with Gasteiger partial charge >= 0.3 is 6.09 Å². The Morgan fingerprint density at radius 2 is 1.93 bits per heavy atom. The summed E-state index contributed by atoms with van der Waals surface area (Å²) in [7, 11) is 0. The number of benzene rings is 2. The van der Waals surface area contributed by atoms with Crippen molar-refractivity contribution < 1.29 is 9.53 Å². The highest BCUT2D eigenvalue weighted by atomic mass is 16.6. The maximum absolute atomic E-state index is 12.7. The Labute approximate surface area is 166 Å². The molecule has 1 aliphatic heterocycles. The van der Waals surface area contributed by atoms with E-state index >= 15 is 0 Å². The van der Waals surface area contributed by atoms with Crippen LogP contribution in [0, 0.1) is 6.92 Å². The van der Waals surface area contributed by atoms with E-state index in [1.165, 1.54) is 21.7 Å². The molecule has 0 N–H and O–H groups in total. The van der Waals surface area contributed by atoms with Crippen molar-refractivity contribution in [2.75, 3.05) is 6.54 Å². The zero-order chi connectivity index (χ0) is 19.9. The highest BCUT2D eigenvalue weighted by Gasteiger charge is 2.32. The quantitative estimate of drug-likeness (QED) is 0.544. The summed E-state index contributed by atoms with van der Waals surface area (Å²) in [5.41, 5.74) is 2.82. The lowest BCUT2D eigenvalue weighted by Crippen LogP contribution is -2.40. The van der Waals surface area contributed by atoms with Crippen LogP contribution in [0.2, 0.25) is 0 Å². The maximum Gasteiger partial charge on any atom is 0.410 e. The van der Waals surface area contributed by atoms with Crippen molar-refractivity contribution in [3.63, 3.8) is 0 Å². The van der Waals surface area contributed by atoms with Gasteiger partial charge in [0.15, 0.2) is 0 Å². The molecule has 0 saturated carbocycles. The second-order valence-electron chi connectivity index (χ2n) is 8.80. The lowest BCUT2D eigenvalue weighted by molar-refractivity contribution is 0.0226. The smallest absolute Gasteiger partial charge is 0.410 e. The van der Waals surface area contributed by atoms with Crippen molar-refractivity contribution >= 4 is 27.8 Å². The summed E-state index contributed by atoms with van der Waals surface area (Å²) in [6.45, 7) is 8.61. The minimum atomic E-state index is -0.477. The molecular formula is C24H28N2O2. The Morgan fingerprint density at radius 3 is 2.71 bits per heavy atom. The minimum Gasteiger partial charge on any atom is -0.444 e. The molecule has 4 heteroatoms. The van der Waals surface area contributed by atoms with E-state index in [9.17, 15) is 4.79 Å². The Kier molecular flexibility index (Phi) is 4.74. The van der Waals surface area contributed by atoms with Crippen LogP contribution in [0.1, 0.15) is 44.9 Å². The first-order valence-corrected chi connectivity index (χ1v) is 10.1. The van der Waals surface area contributed by atoms with Gasteiger partial charge in [0.05, 0.1) is 11.2 Å². The molecule has 0 aliphatic carbocycles. The summed E-state index contributed by atoms with van der Waals surface area (Å²) in [5.74, 6) is 0. The molecule has 1 aliphatic rings. The number of hydrogen-bond donors (Lipinski definition) is 0. The molecule has 0 radical (unpaired) electrons. The molecule has 2 heterocycles. The van der Waals surface area contributed by atoms with E-state index in [0.717, 1.165) is 37.0 Å². The number of nitrogens with zero attached hydrogens (tertiary/aromatic N) is 2. The molecule has 28 heavy (non-hydrogen) atoms. The maximum atomic E-state index is 12.7. The number of rotatable bonds is 2. The summed E-state index contributed by atoms with van der Waals surface area (Å²) in [5, 5.41) is 3.60. The fraction of sp³-hybridized carbons (Fsp3) is 0.417. The zero-order valence-electron chi connectivity index (χ0n) is 17.2. The molecule has 1 amide bonds. The number of aryl methyl sites for hydroxylation is 1. The third-order valence-corrected chi connectivity index (χ3v) is 5.37. The van der Waals surface area contributed by atoms with Crippen LogP contribution in [0.4, 0.5) is 4.79 Å². The predicted octanol–water partition coefficient (Wildman–Crippen LogP) is 5.64. The second-order valence-corrected chi connectivity index (χ2v) is 8.80. The number of pyridine rings is 1. The van der Waals surface area contributed by atoms with Crippen molar-refractivity contribution in [1.29, 1.82) is 0 Å². The van der Waals surface area contributed by atoms with Crippen LogP contribution < -0.4 is 0 Å². The Morgan fingerprint density at radius 1 is 1.14 bits per heavy atom. The van der Waals surface area contributed by atoms with E-state index in [2.05, 4.69) is 43.3 Å². The van der Waals surface area contributed by atoms with Crippen molar-refractivity contribution in [3.8, 4) is 0 Å². The molecule has 2 aromatic carbocycles. The van der Waals surface area contributed by atoms with Crippen LogP contribution in [0.15, 0.2) is 42.5 Å². The Hall–Kier alpha value is -2.62. The average molecular weight is 377 g/mol. The van der Waals surface area contributed by atoms with Crippen LogP contribution >= 0.6 is 0 Å². The van der Waals surface area contributed by atoms with Crippen LogP contribution in [-0.2, 0) is 11.2 Å². The summed E-state index contributed by atoms with van der Waals surface area (Å²) < 4.78 is 5.63. The van der Waals surface area contributed by atoms with Crippen molar-refractivity contribution in [2.24, 2.45) is 0 Å². The molecule has 1 fully saturated rings. The number of carbonyl (C=O) groups excluding carboxylic acids is 1. The first-order valence-electron chi connectivity index (χ1n) is 10.1. The number of aromatic nitrogens is 1. The standard InChI is InChI=1S/C24H28N2O2/c1-16-11-12-18-19-9-5-6-10-21(19)25-22(20(18)14-16)15-17-8-7-13-26(17)23(27)28-24(2,3)4/h5-6,9-12,14,17H,7-8,13,15H2,1-4H3/t17-/m0/s1. The second kappa shape index (κ2) is 7.08. The number of likely N-dealkylation sites (tertiary alicyclic amines) is 1. The molecule has 0 spiro atoms. The third-order valence-electron chi connectivity index (χ3n) is 5.37. The topological polar surface area (TPSA) is 42.4 Å². The Bertz CT molecular complexity index is 1040. The fourth-order valence-electron chi connectivity index (χ4n) is 4.12. The van der Waals surface area contributed by atoms with Gasteiger partial charge in [-0.25, -0.2) is 4.79 Å². The molecule has 1 atom stereocenters. The van der Waals surface area contributed by atoms with Crippen LogP contribution in [0.25, 0.3) is 21.7 Å². The number of ether oxygens (including phenoxy) is 1. The first-order chi connectivity index (χ1) is 13.3. The summed E-state index contributed by atoms with van der Waals surface area (Å²) in [4.78, 5) is 19.6. The number of carbonyl (C=O) groups is 1. The summed E-state index contributed by atoms with van der Waals surface area (Å²) in [6.07, 6.45) is 2.54. The van der Waals surface area contributed by atoms with Gasteiger partial charge in [-0.1, -0.05) is 35.9 Å². The van der Waals surface area contributed by atoms with E-state index in [1.54, 1.807) is 0 Å². The zero-order valence-corrected chi connectivity index (χ0v) is 17.2. The third kappa shape index (κ3) is 3.68. The van der Waals surface area contributed by atoms with Gasteiger partial charge in [0.2, 0.25) is 0 Å². The lowest BCUT2D eigenvalue weighted by atomic mass is 9.98. The number of amides is 1. The van der Waals surface area contributed by atoms with E-state index in [1.807, 2.05) is 31.7 Å². The molecule has 4 rings (SSSR count). The highest BCUT2D eigenvalue weighted by molar-refractivity contribution is 6.06. The number of para-hydroxylation sites is 1. The SMILES string of the molecule is Cc1ccc2c(c1)c(C[C@@H]1CCCN1C(=O)OC(C)(C)C)nc1ccccc12. The van der Waals surface area contributed by atoms with Crippen molar-refractivity contribution in [1.82, 2.24) is 9.88 Å². The number of fused-ring (bicyclic) bond motifs is 3. The monoisotopic (exact) mass is 376 g/mol. The molecule has 3 aromatic rings. The highest BCUT2D eigenvalue weighted by Crippen LogP contribution is 2.30. The van der Waals surface area contributed by atoms with Gasteiger partial charge < -0.3 is 9.64 Å². The van der Waals surface area contributed by atoms with Crippen LogP contribution in [0.5, 0.6) is 0 Å². The van der Waals surface area contributed by atoms with Crippen molar-refractivity contribution in [2.45, 2.75) is 58.6 Å². The molecule has 1 saturated heterocycles.